The van der Waals surface area contributed by atoms with Gasteiger partial charge in [0, 0.05) is 18.2 Å². The highest BCUT2D eigenvalue weighted by molar-refractivity contribution is 5.86. The molecule has 2 N–H and O–H groups in total. The third-order valence-electron chi connectivity index (χ3n) is 3.76. The maximum Gasteiger partial charge on any atom is 0.407 e. The molecule has 0 saturated carbocycles. The molecule has 0 aliphatic rings. The van der Waals surface area contributed by atoms with Gasteiger partial charge in [-0.1, -0.05) is 48.6 Å². The van der Waals surface area contributed by atoms with Crippen molar-refractivity contribution < 1.29 is 24.2 Å². The van der Waals surface area contributed by atoms with E-state index in [4.69, 9.17) is 14.6 Å². The van der Waals surface area contributed by atoms with Crippen LogP contribution in [0.5, 0.6) is 5.75 Å². The van der Waals surface area contributed by atoms with Gasteiger partial charge in [-0.2, -0.15) is 0 Å². The number of ether oxygens (including phenoxy) is 2. The Kier molecular flexibility index (Phi) is 8.33. The van der Waals surface area contributed by atoms with Gasteiger partial charge in [-0.05, 0) is 35.8 Å². The van der Waals surface area contributed by atoms with Crippen LogP contribution >= 0.6 is 0 Å². The van der Waals surface area contributed by atoms with Crippen LogP contribution in [0.3, 0.4) is 0 Å². The van der Waals surface area contributed by atoms with Gasteiger partial charge in [0.2, 0.25) is 0 Å². The molecule has 0 aromatic heterocycles. The van der Waals surface area contributed by atoms with E-state index in [1.54, 1.807) is 6.07 Å². The van der Waals surface area contributed by atoms with Crippen molar-refractivity contribution in [3.05, 3.63) is 77.4 Å². The van der Waals surface area contributed by atoms with E-state index in [1.165, 1.54) is 13.2 Å². The van der Waals surface area contributed by atoms with Gasteiger partial charge in [0.05, 0.1) is 7.11 Å². The summed E-state index contributed by atoms with van der Waals surface area (Å²) >= 11 is 0. The molecule has 0 aliphatic carbocycles. The van der Waals surface area contributed by atoms with E-state index in [9.17, 15) is 9.59 Å². The molecular weight excluding hydrogens is 358 g/mol. The smallest absolute Gasteiger partial charge is 0.407 e. The molecule has 2 aromatic rings. The van der Waals surface area contributed by atoms with Crippen molar-refractivity contribution in [1.29, 1.82) is 0 Å². The highest BCUT2D eigenvalue weighted by atomic mass is 16.5. The van der Waals surface area contributed by atoms with Gasteiger partial charge in [-0.3, -0.25) is 0 Å². The van der Waals surface area contributed by atoms with Gasteiger partial charge in [-0.15, -0.1) is 0 Å². The van der Waals surface area contributed by atoms with Crippen molar-refractivity contribution in [2.45, 2.75) is 13.0 Å². The molecule has 0 unspecified atom stereocenters. The summed E-state index contributed by atoms with van der Waals surface area (Å²) in [6, 6.07) is 15.0. The number of carboxylic acids is 1. The van der Waals surface area contributed by atoms with Gasteiger partial charge >= 0.3 is 12.1 Å². The van der Waals surface area contributed by atoms with E-state index >= 15 is 0 Å². The number of amides is 1. The molecule has 28 heavy (non-hydrogen) atoms. The first kappa shape index (κ1) is 20.8. The van der Waals surface area contributed by atoms with Crippen molar-refractivity contribution in [3.63, 3.8) is 0 Å². The molecule has 0 aliphatic heterocycles. The van der Waals surface area contributed by atoms with Gasteiger partial charge < -0.3 is 19.9 Å². The molecule has 2 rings (SSSR count). The Balaban J connectivity index is 1.78. The van der Waals surface area contributed by atoms with Crippen LogP contribution in [0.4, 0.5) is 4.79 Å². The van der Waals surface area contributed by atoms with Gasteiger partial charge in [0.15, 0.2) is 0 Å². The maximum absolute atomic E-state index is 11.7. The van der Waals surface area contributed by atoms with Crippen LogP contribution in [-0.2, 0) is 16.1 Å². The maximum atomic E-state index is 11.7. The van der Waals surface area contributed by atoms with Crippen molar-refractivity contribution in [2.24, 2.45) is 0 Å². The second-order valence-corrected chi connectivity index (χ2v) is 5.85. The Morgan fingerprint density at radius 3 is 2.61 bits per heavy atom. The molecule has 0 fully saturated rings. The molecule has 0 bridgehead atoms. The number of alkyl carbamates (subject to hydrolysis) is 1. The van der Waals surface area contributed by atoms with Crippen LogP contribution in [0.25, 0.3) is 12.2 Å². The molecule has 6 heteroatoms. The molecular formula is C22H23NO5. The second kappa shape index (κ2) is 11.2. The predicted octanol–water partition coefficient (Wildman–Crippen LogP) is 4.12. The van der Waals surface area contributed by atoms with E-state index < -0.39 is 12.1 Å². The highest BCUT2D eigenvalue weighted by Crippen LogP contribution is 2.22. The Hall–Kier alpha value is -3.54. The first-order chi connectivity index (χ1) is 13.6. The number of methoxy groups -OCH3 is 1. The number of carboxylic acid groups (broad SMARTS) is 1. The van der Waals surface area contributed by atoms with Crippen molar-refractivity contribution in [2.75, 3.05) is 13.7 Å². The molecule has 0 heterocycles. The summed E-state index contributed by atoms with van der Waals surface area (Å²) < 4.78 is 10.4. The SMILES string of the molecule is COc1ccc(C=CCCNC(=O)OCc2ccccc2)cc1/C=C/C(=O)O. The summed E-state index contributed by atoms with van der Waals surface area (Å²) in [4.78, 5) is 22.4. The van der Waals surface area contributed by atoms with Crippen molar-refractivity contribution >= 4 is 24.2 Å². The lowest BCUT2D eigenvalue weighted by molar-refractivity contribution is -0.131. The van der Waals surface area contributed by atoms with E-state index in [0.717, 1.165) is 17.2 Å². The van der Waals surface area contributed by atoms with E-state index in [1.807, 2.05) is 54.6 Å². The summed E-state index contributed by atoms with van der Waals surface area (Å²) in [7, 11) is 1.53. The molecule has 146 valence electrons. The minimum absolute atomic E-state index is 0.237. The number of nitrogens with one attached hydrogen (secondary N) is 1. The fraction of sp³-hybridized carbons (Fsp3) is 0.182. The minimum atomic E-state index is -1.02. The molecule has 6 nitrogen and oxygen atoms in total. The lowest BCUT2D eigenvalue weighted by Crippen LogP contribution is -2.24. The quantitative estimate of drug-likeness (QED) is 0.504. The van der Waals surface area contributed by atoms with Gasteiger partial charge in [0.25, 0.3) is 0 Å². The third kappa shape index (κ3) is 7.37. The Morgan fingerprint density at radius 2 is 1.89 bits per heavy atom. The first-order valence-electron chi connectivity index (χ1n) is 8.78. The summed E-state index contributed by atoms with van der Waals surface area (Å²) in [6.07, 6.45) is 6.55. The number of benzene rings is 2. The summed E-state index contributed by atoms with van der Waals surface area (Å²) in [5, 5.41) is 11.5. The number of hydrogen-bond acceptors (Lipinski definition) is 4. The van der Waals surface area contributed by atoms with Crippen molar-refractivity contribution in [1.82, 2.24) is 5.32 Å². The fourth-order valence-electron chi connectivity index (χ4n) is 2.40. The molecule has 0 saturated heterocycles. The minimum Gasteiger partial charge on any atom is -0.496 e. The summed E-state index contributed by atoms with van der Waals surface area (Å²) in [5.74, 6) is -0.425. The monoisotopic (exact) mass is 381 g/mol. The van der Waals surface area contributed by atoms with Crippen LogP contribution < -0.4 is 10.1 Å². The Morgan fingerprint density at radius 1 is 1.11 bits per heavy atom. The average Bonchev–Trinajstić information content (AvgIpc) is 2.71. The van der Waals surface area contributed by atoms with Gasteiger partial charge in [0.1, 0.15) is 12.4 Å². The lowest BCUT2D eigenvalue weighted by atomic mass is 10.1. The number of rotatable bonds is 9. The van der Waals surface area contributed by atoms with E-state index in [0.29, 0.717) is 24.3 Å². The lowest BCUT2D eigenvalue weighted by Gasteiger charge is -2.06. The van der Waals surface area contributed by atoms with Crippen LogP contribution in [0.2, 0.25) is 0 Å². The van der Waals surface area contributed by atoms with Crippen LogP contribution in [0, 0.1) is 0 Å². The molecule has 0 radical (unpaired) electrons. The predicted molar refractivity (Wildman–Crippen MR) is 108 cm³/mol. The van der Waals surface area contributed by atoms with E-state index in [-0.39, 0.29) is 6.61 Å². The fourth-order valence-corrected chi connectivity index (χ4v) is 2.40. The second-order valence-electron chi connectivity index (χ2n) is 5.85. The summed E-state index contributed by atoms with van der Waals surface area (Å²) in [5.41, 5.74) is 2.51. The molecule has 2 aromatic carbocycles. The number of hydrogen-bond donors (Lipinski definition) is 2. The third-order valence-corrected chi connectivity index (χ3v) is 3.76. The first-order valence-corrected chi connectivity index (χ1v) is 8.78. The number of carbonyl (C=O) groups is 2. The van der Waals surface area contributed by atoms with Crippen LogP contribution in [-0.4, -0.2) is 30.8 Å². The largest absolute Gasteiger partial charge is 0.496 e. The topological polar surface area (TPSA) is 84.9 Å². The standard InChI is InChI=1S/C22H23NO5/c1-27-20-12-10-17(15-19(20)11-13-21(24)25)7-5-6-14-23-22(26)28-16-18-8-3-2-4-9-18/h2-5,7-13,15H,6,14,16H2,1H3,(H,23,26)(H,24,25)/b7-5?,13-11+. The van der Waals surface area contributed by atoms with Crippen LogP contribution in [0.1, 0.15) is 23.1 Å². The molecule has 0 spiro atoms. The van der Waals surface area contributed by atoms with E-state index in [2.05, 4.69) is 5.32 Å². The number of aliphatic carboxylic acids is 1. The molecule has 0 atom stereocenters. The highest BCUT2D eigenvalue weighted by Gasteiger charge is 2.02. The normalized spacial score (nSPS) is 10.9. The Labute approximate surface area is 164 Å². The Bertz CT molecular complexity index is 843. The zero-order valence-corrected chi connectivity index (χ0v) is 15.6. The van der Waals surface area contributed by atoms with Gasteiger partial charge in [-0.25, -0.2) is 9.59 Å². The zero-order chi connectivity index (χ0) is 20.2. The van der Waals surface area contributed by atoms with Crippen LogP contribution in [0.15, 0.2) is 60.7 Å². The molecule has 1 amide bonds. The summed E-state index contributed by atoms with van der Waals surface area (Å²) in [6.45, 7) is 0.688. The zero-order valence-electron chi connectivity index (χ0n) is 15.6. The number of carbonyl (C=O) groups excluding carboxylic acids is 1. The van der Waals surface area contributed by atoms with Crippen molar-refractivity contribution in [3.8, 4) is 5.75 Å². The average molecular weight is 381 g/mol.